The van der Waals surface area contributed by atoms with Gasteiger partial charge in [0.15, 0.2) is 0 Å². The van der Waals surface area contributed by atoms with Gasteiger partial charge in [-0.25, -0.2) is 14.1 Å². The lowest BCUT2D eigenvalue weighted by molar-refractivity contribution is -0.120. The molecule has 0 saturated carbocycles. The minimum absolute atomic E-state index is 0.108. The van der Waals surface area contributed by atoms with Crippen molar-refractivity contribution in [1.82, 2.24) is 4.90 Å². The summed E-state index contributed by atoms with van der Waals surface area (Å²) in [5.74, 6) is -2.09. The molecule has 0 unspecified atom stereocenters. The van der Waals surface area contributed by atoms with Gasteiger partial charge >= 0.3 is 5.97 Å². The zero-order valence-electron chi connectivity index (χ0n) is 17.3. The van der Waals surface area contributed by atoms with Gasteiger partial charge in [-0.2, -0.15) is 0 Å². The third kappa shape index (κ3) is 4.49. The summed E-state index contributed by atoms with van der Waals surface area (Å²) >= 11 is 0. The predicted molar refractivity (Wildman–Crippen MR) is 113 cm³/mol. The van der Waals surface area contributed by atoms with E-state index in [4.69, 9.17) is 4.74 Å². The largest absolute Gasteiger partial charge is 0.462 e. The van der Waals surface area contributed by atoms with Crippen molar-refractivity contribution in [2.24, 2.45) is 0 Å². The van der Waals surface area contributed by atoms with Crippen molar-refractivity contribution in [3.05, 3.63) is 71.2 Å². The molecule has 8 heteroatoms. The summed E-state index contributed by atoms with van der Waals surface area (Å²) in [5.41, 5.74) is 1.21. The summed E-state index contributed by atoms with van der Waals surface area (Å²) in [6.07, 6.45) is 0.697. The Morgan fingerprint density at radius 2 is 1.71 bits per heavy atom. The number of halogens is 1. The van der Waals surface area contributed by atoms with Crippen molar-refractivity contribution < 1.29 is 28.6 Å². The third-order valence-corrected chi connectivity index (χ3v) is 4.81. The lowest BCUT2D eigenvalue weighted by atomic mass is 10.0. The van der Waals surface area contributed by atoms with E-state index in [2.05, 4.69) is 0 Å². The van der Waals surface area contributed by atoms with Crippen LogP contribution >= 0.6 is 0 Å². The first-order valence-corrected chi connectivity index (χ1v) is 9.87. The third-order valence-electron chi connectivity index (χ3n) is 4.81. The Hall–Kier alpha value is -3.52. The number of anilines is 1. The molecule has 1 aliphatic heterocycles. The van der Waals surface area contributed by atoms with Crippen molar-refractivity contribution in [3.8, 4) is 0 Å². The quantitative estimate of drug-likeness (QED) is 0.516. The summed E-state index contributed by atoms with van der Waals surface area (Å²) in [6, 6.07) is 11.2. The van der Waals surface area contributed by atoms with E-state index < -0.39 is 23.6 Å². The molecule has 3 rings (SSSR count). The van der Waals surface area contributed by atoms with Crippen LogP contribution < -0.4 is 4.90 Å². The molecule has 1 aliphatic rings. The fourth-order valence-electron chi connectivity index (χ4n) is 3.27. The smallest absolute Gasteiger partial charge is 0.338 e. The molecule has 2 aromatic rings. The number of carbonyl (C=O) groups is 3. The van der Waals surface area contributed by atoms with Crippen molar-refractivity contribution in [3.63, 3.8) is 0 Å². The SMILES string of the molecule is CCCOC(=O)c1ccc(N2C(=O)C(c3ccc(F)cc3)=C(N(C)CCO)C2=O)cc1. The van der Waals surface area contributed by atoms with Crippen molar-refractivity contribution >= 4 is 29.0 Å². The molecule has 0 radical (unpaired) electrons. The number of carbonyl (C=O) groups excluding carboxylic acids is 3. The van der Waals surface area contributed by atoms with Crippen molar-refractivity contribution in [2.75, 3.05) is 31.7 Å². The molecular weight excluding hydrogens is 403 g/mol. The number of aliphatic hydroxyl groups excluding tert-OH is 1. The molecule has 7 nitrogen and oxygen atoms in total. The van der Waals surface area contributed by atoms with Gasteiger partial charge in [0.25, 0.3) is 11.8 Å². The van der Waals surface area contributed by atoms with Crippen LogP contribution in [-0.2, 0) is 14.3 Å². The predicted octanol–water partition coefficient (Wildman–Crippen LogP) is 2.60. The van der Waals surface area contributed by atoms with Crippen LogP contribution in [0.1, 0.15) is 29.3 Å². The van der Waals surface area contributed by atoms with Crippen molar-refractivity contribution in [2.45, 2.75) is 13.3 Å². The average molecular weight is 426 g/mol. The molecule has 162 valence electrons. The molecule has 0 spiro atoms. The van der Waals surface area contributed by atoms with E-state index in [1.165, 1.54) is 53.4 Å². The summed E-state index contributed by atoms with van der Waals surface area (Å²) in [7, 11) is 1.59. The van der Waals surface area contributed by atoms with Gasteiger partial charge < -0.3 is 14.7 Å². The molecule has 0 atom stereocenters. The number of amides is 2. The molecule has 0 fully saturated rings. The Balaban J connectivity index is 1.97. The molecular formula is C23H23FN2O5. The normalized spacial score (nSPS) is 13.7. The first-order valence-electron chi connectivity index (χ1n) is 9.87. The Bertz CT molecular complexity index is 1020. The number of aliphatic hydroxyl groups is 1. The van der Waals surface area contributed by atoms with E-state index >= 15 is 0 Å². The summed E-state index contributed by atoms with van der Waals surface area (Å²) < 4.78 is 18.5. The fraction of sp³-hybridized carbons (Fsp3) is 0.261. The summed E-state index contributed by atoms with van der Waals surface area (Å²) in [6.45, 7) is 2.11. The fourth-order valence-corrected chi connectivity index (χ4v) is 3.27. The van der Waals surface area contributed by atoms with E-state index in [1.54, 1.807) is 7.05 Å². The number of rotatable bonds is 8. The number of benzene rings is 2. The first kappa shape index (κ1) is 22.2. The summed E-state index contributed by atoms with van der Waals surface area (Å²) in [4.78, 5) is 41.0. The molecule has 31 heavy (non-hydrogen) atoms. The maximum atomic E-state index is 13.4. The second kappa shape index (κ2) is 9.53. The van der Waals surface area contributed by atoms with Gasteiger partial charge in [0, 0.05) is 13.6 Å². The number of nitrogens with zero attached hydrogens (tertiary/aromatic N) is 2. The topological polar surface area (TPSA) is 87.2 Å². The number of hydrogen-bond acceptors (Lipinski definition) is 6. The highest BCUT2D eigenvalue weighted by Crippen LogP contribution is 2.34. The average Bonchev–Trinajstić information content (AvgIpc) is 3.03. The minimum Gasteiger partial charge on any atom is -0.462 e. The number of imide groups is 1. The maximum Gasteiger partial charge on any atom is 0.338 e. The second-order valence-electron chi connectivity index (χ2n) is 7.00. The van der Waals surface area contributed by atoms with Gasteiger partial charge in [-0.1, -0.05) is 19.1 Å². The number of likely N-dealkylation sites (N-methyl/N-ethyl adjacent to an activating group) is 1. The minimum atomic E-state index is -0.572. The van der Waals surface area contributed by atoms with Gasteiger partial charge in [0.2, 0.25) is 0 Å². The number of esters is 1. The van der Waals surface area contributed by atoms with E-state index in [1.807, 2.05) is 6.92 Å². The Kier molecular flexibility index (Phi) is 6.81. The molecule has 2 amide bonds. The molecule has 0 bridgehead atoms. The molecule has 1 N–H and O–H groups in total. The summed E-state index contributed by atoms with van der Waals surface area (Å²) in [5, 5.41) is 9.30. The van der Waals surface area contributed by atoms with Crippen molar-refractivity contribution in [1.29, 1.82) is 0 Å². The van der Waals surface area contributed by atoms with E-state index in [-0.39, 0.29) is 30.1 Å². The molecule has 1 heterocycles. The number of ether oxygens (including phenoxy) is 1. The van der Waals surface area contributed by atoms with Crippen LogP contribution in [-0.4, -0.2) is 54.6 Å². The lowest BCUT2D eigenvalue weighted by Gasteiger charge is -2.20. The maximum absolute atomic E-state index is 13.4. The van der Waals surface area contributed by atoms with Gasteiger partial charge in [-0.15, -0.1) is 0 Å². The van der Waals surface area contributed by atoms with Crippen LogP contribution in [0.15, 0.2) is 54.2 Å². The molecule has 2 aromatic carbocycles. The van der Waals surface area contributed by atoms with Gasteiger partial charge in [-0.05, 0) is 48.4 Å². The Morgan fingerprint density at radius 1 is 1.06 bits per heavy atom. The Morgan fingerprint density at radius 3 is 2.29 bits per heavy atom. The van der Waals surface area contributed by atoms with Gasteiger partial charge in [-0.3, -0.25) is 9.59 Å². The van der Waals surface area contributed by atoms with E-state index in [0.717, 1.165) is 4.90 Å². The molecule has 0 saturated heterocycles. The standard InChI is InChI=1S/C23H23FN2O5/c1-3-14-31-23(30)16-6-10-18(11-7-16)26-21(28)19(15-4-8-17(24)9-5-15)20(22(26)29)25(2)12-13-27/h4-11,27H,3,12-14H2,1-2H3. The molecule has 0 aliphatic carbocycles. The zero-order chi connectivity index (χ0) is 22.5. The zero-order valence-corrected chi connectivity index (χ0v) is 17.3. The van der Waals surface area contributed by atoms with Crippen LogP contribution in [0.2, 0.25) is 0 Å². The van der Waals surface area contributed by atoms with Crippen LogP contribution in [0.25, 0.3) is 5.57 Å². The van der Waals surface area contributed by atoms with Gasteiger partial charge in [0.1, 0.15) is 11.5 Å². The first-order chi connectivity index (χ1) is 14.9. The monoisotopic (exact) mass is 426 g/mol. The molecule has 0 aromatic heterocycles. The Labute approximate surface area is 179 Å². The van der Waals surface area contributed by atoms with Crippen LogP contribution in [0.4, 0.5) is 10.1 Å². The highest BCUT2D eigenvalue weighted by atomic mass is 19.1. The van der Waals surface area contributed by atoms with E-state index in [9.17, 15) is 23.9 Å². The highest BCUT2D eigenvalue weighted by molar-refractivity contribution is 6.45. The number of hydrogen-bond donors (Lipinski definition) is 1. The lowest BCUT2D eigenvalue weighted by Crippen LogP contribution is -2.34. The van der Waals surface area contributed by atoms with E-state index in [0.29, 0.717) is 24.2 Å². The van der Waals surface area contributed by atoms with Gasteiger partial charge in [0.05, 0.1) is 30.0 Å². The van der Waals surface area contributed by atoms with Crippen LogP contribution in [0.5, 0.6) is 0 Å². The van der Waals surface area contributed by atoms with Crippen LogP contribution in [0.3, 0.4) is 0 Å². The van der Waals surface area contributed by atoms with Crippen LogP contribution in [0, 0.1) is 5.82 Å². The highest BCUT2D eigenvalue weighted by Gasteiger charge is 2.41. The second-order valence-corrected chi connectivity index (χ2v) is 7.00.